The quantitative estimate of drug-likeness (QED) is 0.183. The Labute approximate surface area is 260 Å². The van der Waals surface area contributed by atoms with Gasteiger partial charge in [-0.05, 0) is 44.7 Å². The van der Waals surface area contributed by atoms with E-state index in [1.165, 1.54) is 4.90 Å². The lowest BCUT2D eigenvalue weighted by Crippen LogP contribution is -2.39. The van der Waals surface area contributed by atoms with Crippen molar-refractivity contribution >= 4 is 23.8 Å². The summed E-state index contributed by atoms with van der Waals surface area (Å²) in [5, 5.41) is 12.4. The summed E-state index contributed by atoms with van der Waals surface area (Å²) in [6.45, 7) is 12.9. The van der Waals surface area contributed by atoms with Crippen LogP contribution in [-0.2, 0) is 35.2 Å². The molecule has 0 unspecified atom stereocenters. The topological polar surface area (TPSA) is 122 Å². The minimum atomic E-state index is -0.845. The van der Waals surface area contributed by atoms with Gasteiger partial charge < -0.3 is 24.8 Å². The van der Waals surface area contributed by atoms with Gasteiger partial charge in [0, 0.05) is 19.5 Å². The van der Waals surface area contributed by atoms with Crippen LogP contribution in [0.2, 0.25) is 0 Å². The largest absolute Gasteiger partial charge is 0.460 e. The van der Waals surface area contributed by atoms with Gasteiger partial charge in [0.25, 0.3) is 0 Å². The number of hydrogen-bond donors (Lipinski definition) is 2. The molecule has 0 aliphatic heterocycles. The number of nitrogens with one attached hydrogen (secondary N) is 1. The number of ether oxygens (including phenoxy) is 2. The molecule has 2 rings (SSSR count). The highest BCUT2D eigenvalue weighted by Crippen LogP contribution is 2.23. The van der Waals surface area contributed by atoms with Gasteiger partial charge >= 0.3 is 11.9 Å². The highest BCUT2D eigenvalue weighted by Gasteiger charge is 2.30. The zero-order chi connectivity index (χ0) is 32.5. The van der Waals surface area contributed by atoms with Crippen molar-refractivity contribution in [3.05, 3.63) is 97.1 Å². The number of esters is 2. The molecule has 9 heteroatoms. The number of carbonyl (C=O) groups excluding carboxylic acids is 4. The standard InChI is InChI=1S/C35H46N2O7/c1-6-14-28(22-31(39)37(20-21-38)25-26-16-10-8-11-17-26)33(41)36-24-30(27-18-12-9-13-19-27)43-34(42)29(15-7-2)23-32(40)44-35(3,4)5/h6-13,16-19,28-30,38H,1-2,14-15,20-25H2,3-5H3,(H,36,41)/t28-,29+,30+/m1/s1. The van der Waals surface area contributed by atoms with Crippen LogP contribution < -0.4 is 5.32 Å². The van der Waals surface area contributed by atoms with E-state index in [1.807, 2.05) is 36.4 Å². The van der Waals surface area contributed by atoms with Crippen LogP contribution in [-0.4, -0.2) is 59.1 Å². The molecule has 44 heavy (non-hydrogen) atoms. The zero-order valence-corrected chi connectivity index (χ0v) is 26.1. The third-order valence-corrected chi connectivity index (χ3v) is 6.69. The van der Waals surface area contributed by atoms with E-state index in [-0.39, 0.29) is 51.3 Å². The van der Waals surface area contributed by atoms with E-state index >= 15 is 0 Å². The highest BCUT2D eigenvalue weighted by molar-refractivity contribution is 5.86. The maximum Gasteiger partial charge on any atom is 0.310 e. The number of hydrogen-bond acceptors (Lipinski definition) is 7. The Morgan fingerprint density at radius 1 is 0.909 bits per heavy atom. The fraction of sp³-hybridized carbons (Fsp3) is 0.429. The molecule has 0 radical (unpaired) electrons. The van der Waals surface area contributed by atoms with E-state index in [2.05, 4.69) is 18.5 Å². The van der Waals surface area contributed by atoms with E-state index in [4.69, 9.17) is 9.47 Å². The van der Waals surface area contributed by atoms with Crippen LogP contribution in [0, 0.1) is 11.8 Å². The summed E-state index contributed by atoms with van der Waals surface area (Å²) in [6, 6.07) is 18.4. The van der Waals surface area contributed by atoms with Crippen LogP contribution in [0.3, 0.4) is 0 Å². The van der Waals surface area contributed by atoms with Crippen LogP contribution in [0.1, 0.15) is 63.7 Å². The van der Waals surface area contributed by atoms with Crippen molar-refractivity contribution in [2.75, 3.05) is 19.7 Å². The molecule has 238 valence electrons. The molecule has 0 saturated heterocycles. The molecule has 2 N–H and O–H groups in total. The molecule has 0 aliphatic rings. The lowest BCUT2D eigenvalue weighted by atomic mass is 9.98. The van der Waals surface area contributed by atoms with Gasteiger partial charge in [0.05, 0.1) is 31.4 Å². The van der Waals surface area contributed by atoms with Gasteiger partial charge in [0.1, 0.15) is 11.7 Å². The summed E-state index contributed by atoms with van der Waals surface area (Å²) in [7, 11) is 0. The van der Waals surface area contributed by atoms with Crippen molar-refractivity contribution in [1.82, 2.24) is 10.2 Å². The van der Waals surface area contributed by atoms with E-state index in [9.17, 15) is 24.3 Å². The SMILES string of the molecule is C=CC[C@H](CC(=O)N(CCO)Cc1ccccc1)C(=O)NC[C@H](OC(=O)[C@@H](CC=C)CC(=O)OC(C)(C)C)c1ccccc1. The van der Waals surface area contributed by atoms with Crippen LogP contribution in [0.15, 0.2) is 86.0 Å². The number of allylic oxidation sites excluding steroid dienone is 2. The smallest absolute Gasteiger partial charge is 0.310 e. The first-order valence-corrected chi connectivity index (χ1v) is 14.9. The lowest BCUT2D eigenvalue weighted by Gasteiger charge is -2.26. The summed E-state index contributed by atoms with van der Waals surface area (Å²) in [5.74, 6) is -3.33. The number of aliphatic hydroxyl groups excluding tert-OH is 1. The molecule has 2 aromatic rings. The van der Waals surface area contributed by atoms with Gasteiger partial charge in [-0.2, -0.15) is 0 Å². The molecule has 0 heterocycles. The van der Waals surface area contributed by atoms with Crippen molar-refractivity contribution in [2.45, 2.75) is 64.7 Å². The number of carbonyl (C=O) groups is 4. The van der Waals surface area contributed by atoms with Crippen molar-refractivity contribution in [2.24, 2.45) is 11.8 Å². The Kier molecular flexibility index (Phi) is 15.1. The minimum Gasteiger partial charge on any atom is -0.460 e. The van der Waals surface area contributed by atoms with Crippen LogP contribution in [0.25, 0.3) is 0 Å². The summed E-state index contributed by atoms with van der Waals surface area (Å²) < 4.78 is 11.2. The summed E-state index contributed by atoms with van der Waals surface area (Å²) >= 11 is 0. The first-order valence-electron chi connectivity index (χ1n) is 14.9. The van der Waals surface area contributed by atoms with Crippen molar-refractivity contribution in [3.63, 3.8) is 0 Å². The maximum atomic E-state index is 13.3. The predicted octanol–water partition coefficient (Wildman–Crippen LogP) is 4.91. The number of benzene rings is 2. The third kappa shape index (κ3) is 13.0. The Hall–Kier alpha value is -4.24. The molecule has 9 nitrogen and oxygen atoms in total. The highest BCUT2D eigenvalue weighted by atomic mass is 16.6. The number of rotatable bonds is 18. The molecule has 0 bridgehead atoms. The van der Waals surface area contributed by atoms with E-state index in [1.54, 1.807) is 57.2 Å². The summed E-state index contributed by atoms with van der Waals surface area (Å²) in [4.78, 5) is 53.8. The van der Waals surface area contributed by atoms with Crippen LogP contribution >= 0.6 is 0 Å². The average molecular weight is 607 g/mol. The maximum absolute atomic E-state index is 13.3. The first kappa shape index (κ1) is 36.0. The number of nitrogens with zero attached hydrogens (tertiary/aromatic N) is 1. The van der Waals surface area contributed by atoms with Gasteiger partial charge in [0.15, 0.2) is 0 Å². The van der Waals surface area contributed by atoms with Crippen molar-refractivity contribution in [3.8, 4) is 0 Å². The first-order chi connectivity index (χ1) is 21.0. The molecule has 2 aromatic carbocycles. The number of aliphatic hydroxyl groups is 1. The summed E-state index contributed by atoms with van der Waals surface area (Å²) in [5.41, 5.74) is 0.869. The average Bonchev–Trinajstić information content (AvgIpc) is 2.98. The predicted molar refractivity (Wildman–Crippen MR) is 169 cm³/mol. The fourth-order valence-corrected chi connectivity index (χ4v) is 4.56. The van der Waals surface area contributed by atoms with Gasteiger partial charge in [-0.3, -0.25) is 19.2 Å². The molecule has 0 aliphatic carbocycles. The lowest BCUT2D eigenvalue weighted by molar-refractivity contribution is -0.164. The molecule has 3 atom stereocenters. The molecule has 0 fully saturated rings. The molecular weight excluding hydrogens is 560 g/mol. The summed E-state index contributed by atoms with van der Waals surface area (Å²) in [6.07, 6.45) is 2.49. The number of amides is 2. The Balaban J connectivity index is 2.14. The van der Waals surface area contributed by atoms with Crippen molar-refractivity contribution < 1.29 is 33.8 Å². The fourth-order valence-electron chi connectivity index (χ4n) is 4.56. The second-order valence-corrected chi connectivity index (χ2v) is 11.5. The minimum absolute atomic E-state index is 0.0476. The zero-order valence-electron chi connectivity index (χ0n) is 26.1. The Morgan fingerprint density at radius 2 is 1.50 bits per heavy atom. The van der Waals surface area contributed by atoms with E-state index in [0.717, 1.165) is 5.56 Å². The van der Waals surface area contributed by atoms with Gasteiger partial charge in [-0.15, -0.1) is 13.2 Å². The molecule has 0 spiro atoms. The Morgan fingerprint density at radius 3 is 2.07 bits per heavy atom. The van der Waals surface area contributed by atoms with Crippen LogP contribution in [0.4, 0.5) is 0 Å². The van der Waals surface area contributed by atoms with Crippen molar-refractivity contribution in [1.29, 1.82) is 0 Å². The second kappa shape index (κ2) is 18.4. The van der Waals surface area contributed by atoms with E-state index in [0.29, 0.717) is 12.1 Å². The molecular formula is C35H46N2O7. The van der Waals surface area contributed by atoms with Crippen LogP contribution in [0.5, 0.6) is 0 Å². The second-order valence-electron chi connectivity index (χ2n) is 11.5. The van der Waals surface area contributed by atoms with Gasteiger partial charge in [0.2, 0.25) is 11.8 Å². The normalized spacial score (nSPS) is 13.1. The Bertz CT molecular complexity index is 1220. The van der Waals surface area contributed by atoms with E-state index < -0.39 is 41.4 Å². The van der Waals surface area contributed by atoms with Gasteiger partial charge in [-0.25, -0.2) is 0 Å². The monoisotopic (exact) mass is 606 g/mol. The molecule has 0 saturated carbocycles. The molecule has 0 aromatic heterocycles. The third-order valence-electron chi connectivity index (χ3n) is 6.69. The van der Waals surface area contributed by atoms with Gasteiger partial charge in [-0.1, -0.05) is 72.8 Å². The molecule has 2 amide bonds.